The summed E-state index contributed by atoms with van der Waals surface area (Å²) in [6.45, 7) is 12.8. The first-order chi connectivity index (χ1) is 15.5. The van der Waals surface area contributed by atoms with Crippen LogP contribution in [0.1, 0.15) is 50.3 Å². The zero-order chi connectivity index (χ0) is 22.5. The van der Waals surface area contributed by atoms with Crippen molar-refractivity contribution in [2.45, 2.75) is 59.0 Å². The van der Waals surface area contributed by atoms with Crippen LogP contribution >= 0.6 is 0 Å². The lowest BCUT2D eigenvalue weighted by Crippen LogP contribution is -2.53. The number of benzene rings is 2. The number of amides is 1. The first-order valence-corrected chi connectivity index (χ1v) is 12.5. The second kappa shape index (κ2) is 10.6. The minimum absolute atomic E-state index is 0.289. The number of nitrogens with zero attached hydrogens (tertiary/aromatic N) is 3. The fourth-order valence-corrected chi connectivity index (χ4v) is 4.95. The molecule has 4 heteroatoms. The topological polar surface area (TPSA) is 26.8 Å². The van der Waals surface area contributed by atoms with Crippen LogP contribution in [0, 0.1) is 0 Å². The van der Waals surface area contributed by atoms with Gasteiger partial charge >= 0.3 is 0 Å². The van der Waals surface area contributed by atoms with Crippen molar-refractivity contribution in [2.75, 3.05) is 39.3 Å². The molecule has 0 unspecified atom stereocenters. The van der Waals surface area contributed by atoms with Crippen molar-refractivity contribution >= 4 is 5.91 Å². The molecule has 2 aromatic carbocycles. The molecule has 1 fully saturated rings. The summed E-state index contributed by atoms with van der Waals surface area (Å²) in [4.78, 5) is 19.7. The lowest BCUT2D eigenvalue weighted by molar-refractivity contribution is -0.134. The molecule has 32 heavy (non-hydrogen) atoms. The summed E-state index contributed by atoms with van der Waals surface area (Å²) in [5.41, 5.74) is 6.84. The van der Waals surface area contributed by atoms with E-state index in [9.17, 15) is 4.79 Å². The Kier molecular flexibility index (Phi) is 7.64. The van der Waals surface area contributed by atoms with Crippen LogP contribution in [0.2, 0.25) is 0 Å². The first-order valence-electron chi connectivity index (χ1n) is 12.5. The Morgan fingerprint density at radius 2 is 1.62 bits per heavy atom. The highest BCUT2D eigenvalue weighted by Crippen LogP contribution is 2.27. The summed E-state index contributed by atoms with van der Waals surface area (Å²) >= 11 is 0. The summed E-state index contributed by atoms with van der Waals surface area (Å²) in [5, 5.41) is 0. The second-order valence-electron chi connectivity index (χ2n) is 9.76. The van der Waals surface area contributed by atoms with Gasteiger partial charge in [-0.2, -0.15) is 0 Å². The lowest BCUT2D eigenvalue weighted by Gasteiger charge is -2.38. The molecule has 2 heterocycles. The molecular formula is C28H39N3O. The highest BCUT2D eigenvalue weighted by molar-refractivity contribution is 5.78. The van der Waals surface area contributed by atoms with Crippen LogP contribution in [-0.2, 0) is 24.2 Å². The van der Waals surface area contributed by atoms with Crippen molar-refractivity contribution < 1.29 is 4.79 Å². The normalized spacial score (nSPS) is 17.6. The number of fused-ring (bicyclic) bond motifs is 1. The van der Waals surface area contributed by atoms with Crippen molar-refractivity contribution in [1.29, 1.82) is 0 Å². The lowest BCUT2D eigenvalue weighted by atomic mass is 9.94. The van der Waals surface area contributed by atoms with Crippen molar-refractivity contribution in [3.63, 3.8) is 0 Å². The molecule has 0 saturated carbocycles. The number of unbranched alkanes of at least 4 members (excludes halogenated alkanes) is 1. The van der Waals surface area contributed by atoms with E-state index in [1.54, 1.807) is 0 Å². The van der Waals surface area contributed by atoms with Crippen molar-refractivity contribution in [3.8, 4) is 11.1 Å². The van der Waals surface area contributed by atoms with Crippen LogP contribution in [0.15, 0.2) is 42.5 Å². The fourth-order valence-electron chi connectivity index (χ4n) is 4.95. The summed E-state index contributed by atoms with van der Waals surface area (Å²) in [7, 11) is 0. The average Bonchev–Trinajstić information content (AvgIpc) is 2.82. The molecule has 4 nitrogen and oxygen atoms in total. The van der Waals surface area contributed by atoms with E-state index in [2.05, 4.69) is 77.9 Å². The van der Waals surface area contributed by atoms with Crippen LogP contribution in [0.4, 0.5) is 0 Å². The van der Waals surface area contributed by atoms with Crippen LogP contribution in [0.25, 0.3) is 11.1 Å². The molecule has 0 aliphatic carbocycles. The number of hydrogen-bond acceptors (Lipinski definition) is 3. The molecule has 2 aliphatic rings. The first kappa shape index (κ1) is 23.0. The van der Waals surface area contributed by atoms with E-state index in [4.69, 9.17) is 0 Å². The molecule has 1 amide bonds. The summed E-state index contributed by atoms with van der Waals surface area (Å²) < 4.78 is 0. The zero-order valence-corrected chi connectivity index (χ0v) is 20.1. The molecule has 4 rings (SSSR count). The van der Waals surface area contributed by atoms with Crippen LogP contribution in [0.3, 0.4) is 0 Å². The maximum absolute atomic E-state index is 12.9. The number of aryl methyl sites for hydroxylation is 1. The van der Waals surface area contributed by atoms with Gasteiger partial charge in [0, 0.05) is 45.3 Å². The van der Waals surface area contributed by atoms with E-state index in [-0.39, 0.29) is 5.91 Å². The summed E-state index contributed by atoms with van der Waals surface area (Å²) in [6, 6.07) is 16.5. The SMILES string of the molecule is CCCCc1ccc(-c2ccc3c(c2)CCN(CC(=O)N2CCN(C(C)C)CC2)C3)cc1. The van der Waals surface area contributed by atoms with E-state index in [1.807, 2.05) is 0 Å². The highest BCUT2D eigenvalue weighted by Gasteiger charge is 2.25. The number of rotatable bonds is 7. The second-order valence-corrected chi connectivity index (χ2v) is 9.76. The van der Waals surface area contributed by atoms with Gasteiger partial charge in [-0.1, -0.05) is 55.8 Å². The number of carbonyl (C=O) groups is 1. The average molecular weight is 434 g/mol. The van der Waals surface area contributed by atoms with Crippen molar-refractivity contribution in [3.05, 3.63) is 59.2 Å². The van der Waals surface area contributed by atoms with Crippen LogP contribution in [-0.4, -0.2) is 65.9 Å². The third-order valence-electron chi connectivity index (χ3n) is 7.16. The smallest absolute Gasteiger partial charge is 0.236 e. The predicted octanol–water partition coefficient (Wildman–Crippen LogP) is 4.61. The predicted molar refractivity (Wildman–Crippen MR) is 133 cm³/mol. The quantitative estimate of drug-likeness (QED) is 0.638. The van der Waals surface area contributed by atoms with E-state index in [1.165, 1.54) is 47.1 Å². The van der Waals surface area contributed by atoms with Crippen LogP contribution in [0.5, 0.6) is 0 Å². The number of piperazine rings is 1. The molecule has 0 bridgehead atoms. The Labute approximate surface area is 194 Å². The van der Waals surface area contributed by atoms with Gasteiger partial charge in [-0.3, -0.25) is 14.6 Å². The highest BCUT2D eigenvalue weighted by atomic mass is 16.2. The minimum Gasteiger partial charge on any atom is -0.339 e. The van der Waals surface area contributed by atoms with E-state index in [0.29, 0.717) is 12.6 Å². The minimum atomic E-state index is 0.289. The Morgan fingerprint density at radius 1 is 0.906 bits per heavy atom. The Morgan fingerprint density at radius 3 is 2.31 bits per heavy atom. The molecule has 0 spiro atoms. The molecular weight excluding hydrogens is 394 g/mol. The van der Waals surface area contributed by atoms with Gasteiger partial charge in [-0.15, -0.1) is 0 Å². The third kappa shape index (κ3) is 5.60. The van der Waals surface area contributed by atoms with Crippen molar-refractivity contribution in [2.24, 2.45) is 0 Å². The maximum atomic E-state index is 12.9. The number of carbonyl (C=O) groups excluding carboxylic acids is 1. The molecule has 1 saturated heterocycles. The van der Waals surface area contributed by atoms with Gasteiger partial charge in [0.1, 0.15) is 0 Å². The van der Waals surface area contributed by atoms with E-state index >= 15 is 0 Å². The summed E-state index contributed by atoms with van der Waals surface area (Å²) in [5.74, 6) is 0.289. The Hall–Kier alpha value is -2.17. The molecule has 0 N–H and O–H groups in total. The Balaban J connectivity index is 1.33. The van der Waals surface area contributed by atoms with Gasteiger partial charge in [0.2, 0.25) is 5.91 Å². The molecule has 0 radical (unpaired) electrons. The molecule has 172 valence electrons. The Bertz CT molecular complexity index is 897. The van der Waals surface area contributed by atoms with Gasteiger partial charge in [-0.05, 0) is 60.9 Å². The molecule has 0 atom stereocenters. The molecule has 2 aliphatic heterocycles. The monoisotopic (exact) mass is 433 g/mol. The number of hydrogen-bond donors (Lipinski definition) is 0. The van der Waals surface area contributed by atoms with Crippen molar-refractivity contribution in [1.82, 2.24) is 14.7 Å². The fraction of sp³-hybridized carbons (Fsp3) is 0.536. The largest absolute Gasteiger partial charge is 0.339 e. The van der Waals surface area contributed by atoms with Crippen LogP contribution < -0.4 is 0 Å². The van der Waals surface area contributed by atoms with Gasteiger partial charge in [0.05, 0.1) is 6.54 Å². The van der Waals surface area contributed by atoms with E-state index < -0.39 is 0 Å². The van der Waals surface area contributed by atoms with Gasteiger partial charge < -0.3 is 4.90 Å². The zero-order valence-electron chi connectivity index (χ0n) is 20.1. The third-order valence-corrected chi connectivity index (χ3v) is 7.16. The van der Waals surface area contributed by atoms with Gasteiger partial charge in [0.25, 0.3) is 0 Å². The maximum Gasteiger partial charge on any atom is 0.236 e. The summed E-state index contributed by atoms with van der Waals surface area (Å²) in [6.07, 6.45) is 4.68. The standard InChI is InChI=1S/C28H39N3O/c1-4-5-6-23-7-9-24(10-8-23)25-11-12-27-20-29(14-13-26(27)19-25)21-28(32)31-17-15-30(16-18-31)22(2)3/h7-12,19,22H,4-6,13-18,20-21H2,1-3H3. The van der Waals surface area contributed by atoms with Gasteiger partial charge in [0.15, 0.2) is 0 Å². The molecule has 2 aromatic rings. The van der Waals surface area contributed by atoms with E-state index in [0.717, 1.165) is 45.7 Å². The molecule has 0 aromatic heterocycles. The van der Waals surface area contributed by atoms with Gasteiger partial charge in [-0.25, -0.2) is 0 Å².